The van der Waals surface area contributed by atoms with Crippen molar-refractivity contribution in [2.75, 3.05) is 32.7 Å². The Hall–Kier alpha value is -2.07. The molecule has 27 heavy (non-hydrogen) atoms. The molecule has 1 aliphatic rings. The van der Waals surface area contributed by atoms with E-state index in [1.807, 2.05) is 29.3 Å². The molecule has 0 atom stereocenters. The lowest BCUT2D eigenvalue weighted by Crippen LogP contribution is -2.50. The van der Waals surface area contributed by atoms with Crippen molar-refractivity contribution in [1.29, 1.82) is 0 Å². The Morgan fingerprint density at radius 3 is 2.52 bits per heavy atom. The third-order valence-electron chi connectivity index (χ3n) is 4.28. The number of carbonyl (C=O) groups is 1. The van der Waals surface area contributed by atoms with Crippen LogP contribution in [0, 0.1) is 6.92 Å². The highest BCUT2D eigenvalue weighted by Gasteiger charge is 2.28. The SMILES string of the molecule is Cc1ccc(S(=O)(=O)N2CCN(CC(=O)N/N=C/c3cccs3)CC2)cc1. The number of nitrogens with zero attached hydrogens (tertiary/aromatic N) is 3. The molecule has 0 spiro atoms. The molecule has 1 aliphatic heterocycles. The molecule has 1 saturated heterocycles. The van der Waals surface area contributed by atoms with Crippen molar-refractivity contribution in [2.45, 2.75) is 11.8 Å². The average Bonchev–Trinajstić information content (AvgIpc) is 3.16. The van der Waals surface area contributed by atoms with Gasteiger partial charge >= 0.3 is 0 Å². The van der Waals surface area contributed by atoms with Crippen molar-refractivity contribution in [3.8, 4) is 0 Å². The summed E-state index contributed by atoms with van der Waals surface area (Å²) in [5, 5.41) is 5.87. The monoisotopic (exact) mass is 406 g/mol. The van der Waals surface area contributed by atoms with Gasteiger partial charge in [0.05, 0.1) is 17.7 Å². The van der Waals surface area contributed by atoms with E-state index in [2.05, 4.69) is 10.5 Å². The lowest BCUT2D eigenvalue weighted by molar-refractivity contribution is -0.122. The fraction of sp³-hybridized carbons (Fsp3) is 0.333. The standard InChI is InChI=1S/C18H22N4O3S2/c1-15-4-6-17(7-5-15)27(24,25)22-10-8-21(9-11-22)14-18(23)20-19-13-16-3-2-12-26-16/h2-7,12-13H,8-11,14H2,1H3,(H,20,23)/b19-13+. The van der Waals surface area contributed by atoms with Crippen molar-refractivity contribution < 1.29 is 13.2 Å². The van der Waals surface area contributed by atoms with E-state index in [0.29, 0.717) is 31.1 Å². The van der Waals surface area contributed by atoms with Gasteiger partial charge in [-0.1, -0.05) is 23.8 Å². The zero-order chi connectivity index (χ0) is 19.3. The van der Waals surface area contributed by atoms with Gasteiger partial charge in [0, 0.05) is 31.1 Å². The van der Waals surface area contributed by atoms with Crippen LogP contribution in [-0.2, 0) is 14.8 Å². The molecule has 2 aromatic rings. The van der Waals surface area contributed by atoms with E-state index in [1.54, 1.807) is 30.5 Å². The number of hydrazone groups is 1. The van der Waals surface area contributed by atoms with E-state index in [0.717, 1.165) is 10.4 Å². The summed E-state index contributed by atoms with van der Waals surface area (Å²) in [6.07, 6.45) is 1.61. The number of hydrogen-bond acceptors (Lipinski definition) is 6. The predicted octanol–water partition coefficient (Wildman–Crippen LogP) is 1.51. The number of hydrogen-bond donors (Lipinski definition) is 1. The van der Waals surface area contributed by atoms with E-state index in [9.17, 15) is 13.2 Å². The minimum absolute atomic E-state index is 0.195. The number of carbonyl (C=O) groups excluding carboxylic acids is 1. The molecule has 0 radical (unpaired) electrons. The molecular weight excluding hydrogens is 384 g/mol. The fourth-order valence-corrected chi connectivity index (χ4v) is 4.77. The van der Waals surface area contributed by atoms with Gasteiger partial charge in [-0.3, -0.25) is 9.69 Å². The number of rotatable bonds is 6. The lowest BCUT2D eigenvalue weighted by Gasteiger charge is -2.33. The van der Waals surface area contributed by atoms with Gasteiger partial charge in [-0.25, -0.2) is 13.8 Å². The fourth-order valence-electron chi connectivity index (χ4n) is 2.76. The number of aryl methyl sites for hydroxylation is 1. The highest BCUT2D eigenvalue weighted by Crippen LogP contribution is 2.18. The highest BCUT2D eigenvalue weighted by atomic mass is 32.2. The first-order chi connectivity index (χ1) is 12.9. The Labute approximate surface area is 163 Å². The van der Waals surface area contributed by atoms with Crippen LogP contribution in [-0.4, -0.2) is 62.5 Å². The number of thiophene rings is 1. The molecule has 9 heteroatoms. The molecule has 0 unspecified atom stereocenters. The summed E-state index contributed by atoms with van der Waals surface area (Å²) in [4.78, 5) is 15.2. The highest BCUT2D eigenvalue weighted by molar-refractivity contribution is 7.89. The van der Waals surface area contributed by atoms with E-state index in [1.165, 1.54) is 15.6 Å². The van der Waals surface area contributed by atoms with Crippen molar-refractivity contribution in [3.63, 3.8) is 0 Å². The van der Waals surface area contributed by atoms with Gasteiger partial charge in [0.15, 0.2) is 0 Å². The number of amides is 1. The quantitative estimate of drug-likeness (QED) is 0.582. The summed E-state index contributed by atoms with van der Waals surface area (Å²) in [6.45, 7) is 3.86. The first kappa shape index (κ1) is 19.7. The van der Waals surface area contributed by atoms with Crippen LogP contribution in [0.1, 0.15) is 10.4 Å². The summed E-state index contributed by atoms with van der Waals surface area (Å²) in [5.74, 6) is -0.211. The number of nitrogens with one attached hydrogen (secondary N) is 1. The molecule has 1 fully saturated rings. The van der Waals surface area contributed by atoms with E-state index in [-0.39, 0.29) is 12.5 Å². The van der Waals surface area contributed by atoms with Gasteiger partial charge in [-0.05, 0) is 30.5 Å². The van der Waals surface area contributed by atoms with Crippen molar-refractivity contribution in [3.05, 3.63) is 52.2 Å². The van der Waals surface area contributed by atoms with Crippen LogP contribution < -0.4 is 5.43 Å². The maximum Gasteiger partial charge on any atom is 0.254 e. The van der Waals surface area contributed by atoms with Crippen molar-refractivity contribution in [1.82, 2.24) is 14.6 Å². The molecule has 2 heterocycles. The maximum absolute atomic E-state index is 12.7. The second-order valence-electron chi connectivity index (χ2n) is 6.30. The second-order valence-corrected chi connectivity index (χ2v) is 9.22. The minimum Gasteiger partial charge on any atom is -0.292 e. The second kappa shape index (κ2) is 8.75. The molecule has 1 aromatic carbocycles. The Balaban J connectivity index is 1.48. The largest absolute Gasteiger partial charge is 0.292 e. The van der Waals surface area contributed by atoms with Crippen LogP contribution in [0.15, 0.2) is 51.8 Å². The molecule has 7 nitrogen and oxygen atoms in total. The van der Waals surface area contributed by atoms with Gasteiger partial charge in [-0.15, -0.1) is 11.3 Å². The van der Waals surface area contributed by atoms with Crippen LogP contribution in [0.3, 0.4) is 0 Å². The normalized spacial score (nSPS) is 16.6. The van der Waals surface area contributed by atoms with E-state index < -0.39 is 10.0 Å². The summed E-state index contributed by atoms with van der Waals surface area (Å²) in [5.41, 5.74) is 3.52. The van der Waals surface area contributed by atoms with Gasteiger partial charge < -0.3 is 0 Å². The zero-order valence-electron chi connectivity index (χ0n) is 15.0. The predicted molar refractivity (Wildman–Crippen MR) is 106 cm³/mol. The number of sulfonamides is 1. The van der Waals surface area contributed by atoms with Crippen LogP contribution >= 0.6 is 11.3 Å². The van der Waals surface area contributed by atoms with Gasteiger partial charge in [0.25, 0.3) is 5.91 Å². The minimum atomic E-state index is -3.49. The first-order valence-electron chi connectivity index (χ1n) is 8.60. The van der Waals surface area contributed by atoms with Crippen LogP contribution in [0.5, 0.6) is 0 Å². The Morgan fingerprint density at radius 1 is 1.19 bits per heavy atom. The summed E-state index contributed by atoms with van der Waals surface area (Å²) in [6, 6.07) is 10.7. The summed E-state index contributed by atoms with van der Waals surface area (Å²) < 4.78 is 26.9. The zero-order valence-corrected chi connectivity index (χ0v) is 16.7. The van der Waals surface area contributed by atoms with Crippen LogP contribution in [0.25, 0.3) is 0 Å². The molecule has 0 saturated carbocycles. The molecular formula is C18H22N4O3S2. The Morgan fingerprint density at radius 2 is 1.89 bits per heavy atom. The average molecular weight is 407 g/mol. The molecule has 1 amide bonds. The van der Waals surface area contributed by atoms with Gasteiger partial charge in [-0.2, -0.15) is 9.41 Å². The maximum atomic E-state index is 12.7. The van der Waals surface area contributed by atoms with E-state index >= 15 is 0 Å². The molecule has 0 aliphatic carbocycles. The Bertz CT molecular complexity index is 885. The lowest BCUT2D eigenvalue weighted by atomic mass is 10.2. The summed E-state index contributed by atoms with van der Waals surface area (Å²) >= 11 is 1.54. The topological polar surface area (TPSA) is 82.1 Å². The summed E-state index contributed by atoms with van der Waals surface area (Å²) in [7, 11) is -3.49. The van der Waals surface area contributed by atoms with Gasteiger partial charge in [0.1, 0.15) is 0 Å². The number of piperazine rings is 1. The molecule has 144 valence electrons. The van der Waals surface area contributed by atoms with Crippen LogP contribution in [0.2, 0.25) is 0 Å². The molecule has 1 N–H and O–H groups in total. The third kappa shape index (κ3) is 5.23. The first-order valence-corrected chi connectivity index (χ1v) is 10.9. The van der Waals surface area contributed by atoms with Crippen molar-refractivity contribution >= 4 is 33.5 Å². The number of benzene rings is 1. The Kier molecular flexibility index (Phi) is 6.38. The smallest absolute Gasteiger partial charge is 0.254 e. The third-order valence-corrected chi connectivity index (χ3v) is 7.00. The molecule has 3 rings (SSSR count). The molecule has 1 aromatic heterocycles. The molecule has 0 bridgehead atoms. The van der Waals surface area contributed by atoms with E-state index in [4.69, 9.17) is 0 Å². The van der Waals surface area contributed by atoms with Crippen LogP contribution in [0.4, 0.5) is 0 Å². The van der Waals surface area contributed by atoms with Crippen molar-refractivity contribution in [2.24, 2.45) is 5.10 Å². The van der Waals surface area contributed by atoms with Gasteiger partial charge in [0.2, 0.25) is 10.0 Å².